The number of aliphatic hydroxyl groups is 1. The summed E-state index contributed by atoms with van der Waals surface area (Å²) in [5.41, 5.74) is 1.27. The van der Waals surface area contributed by atoms with Gasteiger partial charge in [-0.05, 0) is 23.8 Å². The molecular weight excluding hydrogens is 185 g/mol. The van der Waals surface area contributed by atoms with Crippen molar-refractivity contribution < 1.29 is 14.3 Å². The van der Waals surface area contributed by atoms with Gasteiger partial charge in [0, 0.05) is 18.0 Å². The van der Waals surface area contributed by atoms with Gasteiger partial charge in [0.15, 0.2) is 0 Å². The second-order valence-electron chi connectivity index (χ2n) is 3.36. The van der Waals surface area contributed by atoms with Gasteiger partial charge in [-0.1, -0.05) is 0 Å². The molecule has 74 valence electrons. The Morgan fingerprint density at radius 2 is 2.36 bits per heavy atom. The van der Waals surface area contributed by atoms with E-state index in [9.17, 15) is 9.18 Å². The fourth-order valence-electron chi connectivity index (χ4n) is 1.68. The first-order valence-corrected chi connectivity index (χ1v) is 4.41. The number of benzene rings is 1. The van der Waals surface area contributed by atoms with E-state index < -0.39 is 0 Å². The van der Waals surface area contributed by atoms with Crippen molar-refractivity contribution in [1.82, 2.24) is 0 Å². The van der Waals surface area contributed by atoms with Gasteiger partial charge in [0.25, 0.3) is 0 Å². The zero-order chi connectivity index (χ0) is 10.1. The lowest BCUT2D eigenvalue weighted by molar-refractivity contribution is -0.117. The normalized spacial score (nSPS) is 20.1. The number of nitrogens with one attached hydrogen (secondary N) is 1. The van der Waals surface area contributed by atoms with Crippen molar-refractivity contribution in [3.05, 3.63) is 29.6 Å². The Morgan fingerprint density at radius 1 is 1.57 bits per heavy atom. The molecule has 1 atom stereocenters. The zero-order valence-electron chi connectivity index (χ0n) is 7.46. The Balaban J connectivity index is 2.46. The number of carbonyl (C=O) groups is 1. The highest BCUT2D eigenvalue weighted by molar-refractivity contribution is 5.94. The standard InChI is InChI=1S/C10H10FNO2/c11-7-1-2-9-8(4-7)6(5-13)3-10(14)12-9/h1-2,4,6,13H,3,5H2,(H,12,14). The van der Waals surface area contributed by atoms with Crippen molar-refractivity contribution in [2.75, 3.05) is 11.9 Å². The Hall–Kier alpha value is -1.42. The highest BCUT2D eigenvalue weighted by atomic mass is 19.1. The molecule has 14 heavy (non-hydrogen) atoms. The first kappa shape index (κ1) is 9.15. The second kappa shape index (κ2) is 3.38. The number of rotatable bonds is 1. The van der Waals surface area contributed by atoms with Crippen molar-refractivity contribution >= 4 is 11.6 Å². The molecule has 2 rings (SSSR count). The summed E-state index contributed by atoms with van der Waals surface area (Å²) in [4.78, 5) is 11.2. The quantitative estimate of drug-likeness (QED) is 0.708. The summed E-state index contributed by atoms with van der Waals surface area (Å²) in [7, 11) is 0. The predicted molar refractivity (Wildman–Crippen MR) is 49.5 cm³/mol. The Kier molecular flexibility index (Phi) is 2.21. The van der Waals surface area contributed by atoms with Gasteiger partial charge in [-0.3, -0.25) is 4.79 Å². The van der Waals surface area contributed by atoms with E-state index in [2.05, 4.69) is 5.32 Å². The summed E-state index contributed by atoms with van der Waals surface area (Å²) < 4.78 is 12.9. The number of anilines is 1. The largest absolute Gasteiger partial charge is 0.396 e. The number of hydrogen-bond donors (Lipinski definition) is 2. The molecule has 1 heterocycles. The number of carbonyl (C=O) groups excluding carboxylic acids is 1. The SMILES string of the molecule is O=C1CC(CO)c2cc(F)ccc2N1. The van der Waals surface area contributed by atoms with Crippen LogP contribution in [0.25, 0.3) is 0 Å². The summed E-state index contributed by atoms with van der Waals surface area (Å²) >= 11 is 0. The average Bonchev–Trinajstić information content (AvgIpc) is 2.17. The molecule has 0 spiro atoms. The van der Waals surface area contributed by atoms with Crippen LogP contribution in [0, 0.1) is 5.82 Å². The van der Waals surface area contributed by atoms with Crippen LogP contribution in [0.5, 0.6) is 0 Å². The van der Waals surface area contributed by atoms with Crippen LogP contribution in [-0.4, -0.2) is 17.6 Å². The molecule has 0 aromatic heterocycles. The molecule has 2 N–H and O–H groups in total. The molecule has 3 nitrogen and oxygen atoms in total. The van der Waals surface area contributed by atoms with Crippen molar-refractivity contribution in [2.24, 2.45) is 0 Å². The molecule has 0 saturated heterocycles. The molecule has 1 aromatic rings. The van der Waals surface area contributed by atoms with Crippen LogP contribution in [0.2, 0.25) is 0 Å². The average molecular weight is 195 g/mol. The van der Waals surface area contributed by atoms with E-state index in [0.29, 0.717) is 11.3 Å². The molecule has 1 unspecified atom stereocenters. The lowest BCUT2D eigenvalue weighted by Gasteiger charge is -2.23. The number of aliphatic hydroxyl groups excluding tert-OH is 1. The molecule has 0 fully saturated rings. The Morgan fingerprint density at radius 3 is 3.07 bits per heavy atom. The topological polar surface area (TPSA) is 49.3 Å². The molecular formula is C10H10FNO2. The van der Waals surface area contributed by atoms with Gasteiger partial charge in [-0.2, -0.15) is 0 Å². The predicted octanol–water partition coefficient (Wildman–Crippen LogP) is 1.24. The van der Waals surface area contributed by atoms with Gasteiger partial charge in [0.2, 0.25) is 5.91 Å². The van der Waals surface area contributed by atoms with Gasteiger partial charge in [-0.15, -0.1) is 0 Å². The molecule has 0 radical (unpaired) electrons. The number of fused-ring (bicyclic) bond motifs is 1. The van der Waals surface area contributed by atoms with Crippen molar-refractivity contribution in [2.45, 2.75) is 12.3 Å². The lowest BCUT2D eigenvalue weighted by Crippen LogP contribution is -2.24. The summed E-state index contributed by atoms with van der Waals surface area (Å²) in [6.45, 7) is -0.135. The molecule has 0 aliphatic carbocycles. The lowest BCUT2D eigenvalue weighted by atomic mass is 9.91. The molecule has 1 amide bonds. The molecule has 0 bridgehead atoms. The van der Waals surface area contributed by atoms with Crippen LogP contribution in [0.4, 0.5) is 10.1 Å². The monoisotopic (exact) mass is 195 g/mol. The third-order valence-corrected chi connectivity index (χ3v) is 2.38. The molecule has 0 saturated carbocycles. The van der Waals surface area contributed by atoms with Crippen LogP contribution in [-0.2, 0) is 4.79 Å². The van der Waals surface area contributed by atoms with Gasteiger partial charge < -0.3 is 10.4 Å². The van der Waals surface area contributed by atoms with Crippen LogP contribution in [0.3, 0.4) is 0 Å². The van der Waals surface area contributed by atoms with Crippen LogP contribution in [0.15, 0.2) is 18.2 Å². The van der Waals surface area contributed by atoms with Crippen molar-refractivity contribution in [1.29, 1.82) is 0 Å². The minimum absolute atomic E-state index is 0.135. The Labute approximate surface area is 80.6 Å². The van der Waals surface area contributed by atoms with E-state index in [4.69, 9.17) is 5.11 Å². The maximum atomic E-state index is 12.9. The summed E-state index contributed by atoms with van der Waals surface area (Å²) in [6, 6.07) is 4.17. The molecule has 1 aliphatic rings. The minimum atomic E-state index is -0.349. The third-order valence-electron chi connectivity index (χ3n) is 2.38. The molecule has 1 aliphatic heterocycles. The van der Waals surface area contributed by atoms with Gasteiger partial charge in [0.1, 0.15) is 5.82 Å². The first-order chi connectivity index (χ1) is 6.70. The van der Waals surface area contributed by atoms with Gasteiger partial charge in [-0.25, -0.2) is 4.39 Å². The fourth-order valence-corrected chi connectivity index (χ4v) is 1.68. The summed E-state index contributed by atoms with van der Waals surface area (Å²) in [6.07, 6.45) is 0.215. The van der Waals surface area contributed by atoms with E-state index in [0.717, 1.165) is 0 Å². The van der Waals surface area contributed by atoms with Gasteiger partial charge >= 0.3 is 0 Å². The van der Waals surface area contributed by atoms with Crippen molar-refractivity contribution in [3.8, 4) is 0 Å². The number of amides is 1. The first-order valence-electron chi connectivity index (χ1n) is 4.41. The van der Waals surface area contributed by atoms with E-state index in [1.165, 1.54) is 18.2 Å². The van der Waals surface area contributed by atoms with Crippen LogP contribution in [0.1, 0.15) is 17.9 Å². The van der Waals surface area contributed by atoms with Gasteiger partial charge in [0.05, 0.1) is 6.61 Å². The maximum absolute atomic E-state index is 12.9. The number of halogens is 1. The van der Waals surface area contributed by atoms with E-state index in [1.807, 2.05) is 0 Å². The van der Waals surface area contributed by atoms with Crippen molar-refractivity contribution in [3.63, 3.8) is 0 Å². The fraction of sp³-hybridized carbons (Fsp3) is 0.300. The van der Waals surface area contributed by atoms with E-state index in [-0.39, 0.29) is 30.7 Å². The van der Waals surface area contributed by atoms with Crippen LogP contribution >= 0.6 is 0 Å². The third kappa shape index (κ3) is 1.48. The second-order valence-corrected chi connectivity index (χ2v) is 3.36. The number of hydrogen-bond acceptors (Lipinski definition) is 2. The molecule has 1 aromatic carbocycles. The summed E-state index contributed by atoms with van der Waals surface area (Å²) in [5.74, 6) is -0.768. The Bertz CT molecular complexity index is 378. The van der Waals surface area contributed by atoms with E-state index in [1.54, 1.807) is 0 Å². The highest BCUT2D eigenvalue weighted by Gasteiger charge is 2.24. The highest BCUT2D eigenvalue weighted by Crippen LogP contribution is 2.31. The maximum Gasteiger partial charge on any atom is 0.225 e. The van der Waals surface area contributed by atoms with E-state index >= 15 is 0 Å². The van der Waals surface area contributed by atoms with Crippen LogP contribution < -0.4 is 5.32 Å². The molecule has 4 heteroatoms. The smallest absolute Gasteiger partial charge is 0.225 e. The zero-order valence-corrected chi connectivity index (χ0v) is 7.46. The minimum Gasteiger partial charge on any atom is -0.396 e. The summed E-state index contributed by atoms with van der Waals surface area (Å²) in [5, 5.41) is 11.7.